The smallest absolute Gasteiger partial charge is 0.321 e. The lowest BCUT2D eigenvalue weighted by Crippen LogP contribution is -2.36. The van der Waals surface area contributed by atoms with Gasteiger partial charge < -0.3 is 10.5 Å². The van der Waals surface area contributed by atoms with Crippen molar-refractivity contribution in [1.82, 2.24) is 4.98 Å². The Bertz CT molecular complexity index is 831. The molecule has 0 aliphatic rings. The van der Waals surface area contributed by atoms with Crippen LogP contribution < -0.4 is 10.0 Å². The molecule has 1 amide bonds. The van der Waals surface area contributed by atoms with Gasteiger partial charge in [0.25, 0.3) is 5.69 Å². The van der Waals surface area contributed by atoms with Crippen LogP contribution in [0, 0.1) is 12.1 Å². The standard InChI is InChI=1S/C16H13N3O2S2/c1-11-10-22-16(17-11)23-13-7-5-12(6-8-13)18-15(20)14-4-2-3-9-19(14)21/h2-10H,1H3,(H,18,20). The number of nitrogens with zero attached hydrogens (tertiary/aromatic N) is 2. The number of benzene rings is 1. The molecule has 5 nitrogen and oxygen atoms in total. The summed E-state index contributed by atoms with van der Waals surface area (Å²) in [5.74, 6) is -0.434. The summed E-state index contributed by atoms with van der Waals surface area (Å²) in [6.45, 7) is 1.96. The lowest BCUT2D eigenvalue weighted by atomic mass is 10.3. The van der Waals surface area contributed by atoms with Crippen LogP contribution in [0.25, 0.3) is 0 Å². The molecule has 1 N–H and O–H groups in total. The summed E-state index contributed by atoms with van der Waals surface area (Å²) >= 11 is 3.18. The highest BCUT2D eigenvalue weighted by atomic mass is 32.2. The number of pyridine rings is 1. The van der Waals surface area contributed by atoms with Crippen molar-refractivity contribution in [3.05, 3.63) is 70.6 Å². The normalized spacial score (nSPS) is 10.5. The molecule has 3 aromatic rings. The Morgan fingerprint density at radius 2 is 2.04 bits per heavy atom. The largest absolute Gasteiger partial charge is 0.618 e. The zero-order valence-corrected chi connectivity index (χ0v) is 13.9. The Balaban J connectivity index is 1.68. The molecular formula is C16H13N3O2S2. The molecule has 7 heteroatoms. The molecule has 0 saturated heterocycles. The monoisotopic (exact) mass is 343 g/mol. The Kier molecular flexibility index (Phi) is 4.59. The SMILES string of the molecule is Cc1csc(Sc2ccc(NC(=O)c3cccc[n+]3[O-])cc2)n1. The van der Waals surface area contributed by atoms with Gasteiger partial charge in [0.2, 0.25) is 0 Å². The first-order valence-corrected chi connectivity index (χ1v) is 8.51. The van der Waals surface area contributed by atoms with Gasteiger partial charge in [-0.25, -0.2) is 4.98 Å². The van der Waals surface area contributed by atoms with Gasteiger partial charge in [0.1, 0.15) is 0 Å². The van der Waals surface area contributed by atoms with Crippen molar-refractivity contribution in [2.75, 3.05) is 5.32 Å². The van der Waals surface area contributed by atoms with Crippen molar-refractivity contribution in [3.8, 4) is 0 Å². The van der Waals surface area contributed by atoms with E-state index in [-0.39, 0.29) is 5.69 Å². The number of carbonyl (C=O) groups excluding carboxylic acids is 1. The second-order valence-electron chi connectivity index (χ2n) is 4.75. The number of carbonyl (C=O) groups is 1. The molecule has 0 aliphatic carbocycles. The molecule has 116 valence electrons. The van der Waals surface area contributed by atoms with Crippen LogP contribution in [0.2, 0.25) is 0 Å². The van der Waals surface area contributed by atoms with Gasteiger partial charge in [-0.15, -0.1) is 11.3 Å². The van der Waals surface area contributed by atoms with Crippen LogP contribution in [0.4, 0.5) is 5.69 Å². The molecule has 0 unspecified atom stereocenters. The minimum Gasteiger partial charge on any atom is -0.618 e. The van der Waals surface area contributed by atoms with Gasteiger partial charge in [0.15, 0.2) is 10.5 Å². The molecule has 23 heavy (non-hydrogen) atoms. The molecule has 2 aromatic heterocycles. The molecule has 0 aliphatic heterocycles. The summed E-state index contributed by atoms with van der Waals surface area (Å²) in [6, 6.07) is 12.1. The number of anilines is 1. The van der Waals surface area contributed by atoms with E-state index in [0.717, 1.165) is 14.9 Å². The molecule has 0 bridgehead atoms. The van der Waals surface area contributed by atoms with E-state index >= 15 is 0 Å². The van der Waals surface area contributed by atoms with E-state index in [1.54, 1.807) is 47.4 Å². The van der Waals surface area contributed by atoms with Gasteiger partial charge in [0, 0.05) is 33.8 Å². The highest BCUT2D eigenvalue weighted by Crippen LogP contribution is 2.30. The highest BCUT2D eigenvalue weighted by molar-refractivity contribution is 8.01. The van der Waals surface area contributed by atoms with Crippen LogP contribution in [0.1, 0.15) is 16.2 Å². The highest BCUT2D eigenvalue weighted by Gasteiger charge is 2.14. The maximum atomic E-state index is 12.1. The molecule has 0 spiro atoms. The zero-order valence-electron chi connectivity index (χ0n) is 12.2. The average molecular weight is 343 g/mol. The summed E-state index contributed by atoms with van der Waals surface area (Å²) in [5.41, 5.74) is 1.71. The van der Waals surface area contributed by atoms with Crippen LogP contribution in [0.3, 0.4) is 0 Å². The number of hydrogen-bond donors (Lipinski definition) is 1. The van der Waals surface area contributed by atoms with Gasteiger partial charge in [-0.1, -0.05) is 11.8 Å². The maximum absolute atomic E-state index is 12.1. The number of nitrogens with one attached hydrogen (secondary N) is 1. The second-order valence-corrected chi connectivity index (χ2v) is 6.93. The first kappa shape index (κ1) is 15.5. The lowest BCUT2D eigenvalue weighted by molar-refractivity contribution is -0.607. The fraction of sp³-hybridized carbons (Fsp3) is 0.0625. The van der Waals surface area contributed by atoms with E-state index in [1.165, 1.54) is 12.3 Å². The Morgan fingerprint density at radius 1 is 1.26 bits per heavy atom. The zero-order chi connectivity index (χ0) is 16.2. The molecule has 0 radical (unpaired) electrons. The number of aromatic nitrogens is 2. The van der Waals surface area contributed by atoms with E-state index in [1.807, 2.05) is 24.4 Å². The van der Waals surface area contributed by atoms with Crippen molar-refractivity contribution in [2.24, 2.45) is 0 Å². The van der Waals surface area contributed by atoms with Gasteiger partial charge in [-0.3, -0.25) is 4.79 Å². The lowest BCUT2D eigenvalue weighted by Gasteiger charge is -2.06. The third kappa shape index (κ3) is 3.88. The molecule has 0 saturated carbocycles. The Morgan fingerprint density at radius 3 is 2.70 bits per heavy atom. The third-order valence-corrected chi connectivity index (χ3v) is 5.04. The van der Waals surface area contributed by atoms with Crippen LogP contribution in [-0.2, 0) is 0 Å². The van der Waals surface area contributed by atoms with E-state index in [0.29, 0.717) is 10.4 Å². The van der Waals surface area contributed by atoms with Gasteiger partial charge >= 0.3 is 5.91 Å². The minimum absolute atomic E-state index is 0.0595. The van der Waals surface area contributed by atoms with Crippen molar-refractivity contribution >= 4 is 34.7 Å². The summed E-state index contributed by atoms with van der Waals surface area (Å²) in [5, 5.41) is 16.3. The number of amides is 1. The number of thiazole rings is 1. The molecule has 2 heterocycles. The number of hydrogen-bond acceptors (Lipinski definition) is 5. The van der Waals surface area contributed by atoms with E-state index in [2.05, 4.69) is 10.3 Å². The number of aryl methyl sites for hydroxylation is 1. The summed E-state index contributed by atoms with van der Waals surface area (Å²) in [7, 11) is 0. The van der Waals surface area contributed by atoms with Crippen LogP contribution >= 0.6 is 23.1 Å². The second kappa shape index (κ2) is 6.80. The van der Waals surface area contributed by atoms with E-state index in [9.17, 15) is 10.0 Å². The summed E-state index contributed by atoms with van der Waals surface area (Å²) in [4.78, 5) is 17.5. The van der Waals surface area contributed by atoms with E-state index in [4.69, 9.17) is 0 Å². The topological polar surface area (TPSA) is 68.9 Å². The predicted molar refractivity (Wildman–Crippen MR) is 90.8 cm³/mol. The fourth-order valence-corrected chi connectivity index (χ4v) is 3.70. The van der Waals surface area contributed by atoms with Crippen molar-refractivity contribution in [3.63, 3.8) is 0 Å². The van der Waals surface area contributed by atoms with Gasteiger partial charge in [-0.05, 0) is 37.3 Å². The number of rotatable bonds is 4. The van der Waals surface area contributed by atoms with Crippen molar-refractivity contribution in [1.29, 1.82) is 0 Å². The molecule has 0 atom stereocenters. The quantitative estimate of drug-likeness (QED) is 0.581. The van der Waals surface area contributed by atoms with Crippen LogP contribution in [0.5, 0.6) is 0 Å². The first-order chi connectivity index (χ1) is 11.1. The van der Waals surface area contributed by atoms with Gasteiger partial charge in [-0.2, -0.15) is 4.73 Å². The van der Waals surface area contributed by atoms with Crippen molar-refractivity contribution < 1.29 is 9.52 Å². The molecule has 0 fully saturated rings. The Hall–Kier alpha value is -2.38. The predicted octanol–water partition coefficient (Wildman–Crippen LogP) is 3.49. The third-order valence-electron chi connectivity index (χ3n) is 2.97. The average Bonchev–Trinajstić information content (AvgIpc) is 2.95. The maximum Gasteiger partial charge on any atom is 0.321 e. The van der Waals surface area contributed by atoms with E-state index < -0.39 is 5.91 Å². The van der Waals surface area contributed by atoms with Crippen molar-refractivity contribution in [2.45, 2.75) is 16.2 Å². The van der Waals surface area contributed by atoms with Crippen LogP contribution in [0.15, 0.2) is 63.3 Å². The molecular weight excluding hydrogens is 330 g/mol. The van der Waals surface area contributed by atoms with Crippen LogP contribution in [-0.4, -0.2) is 10.9 Å². The fourth-order valence-electron chi connectivity index (χ4n) is 1.89. The molecule has 3 rings (SSSR count). The molecule has 1 aromatic carbocycles. The Labute approximate surface area is 141 Å². The summed E-state index contributed by atoms with van der Waals surface area (Å²) in [6.07, 6.45) is 1.30. The summed E-state index contributed by atoms with van der Waals surface area (Å²) < 4.78 is 1.53. The minimum atomic E-state index is -0.434. The first-order valence-electron chi connectivity index (χ1n) is 6.81. The van der Waals surface area contributed by atoms with Gasteiger partial charge in [0.05, 0.1) is 0 Å².